The van der Waals surface area contributed by atoms with E-state index in [1.54, 1.807) is 23.5 Å². The fraction of sp³-hybridized carbons (Fsp3) is 0.214. The van der Waals surface area contributed by atoms with E-state index < -0.39 is 0 Å². The van der Waals surface area contributed by atoms with Crippen molar-refractivity contribution >= 4 is 22.9 Å². The van der Waals surface area contributed by atoms with Crippen LogP contribution in [-0.4, -0.2) is 19.1 Å². The molecule has 1 aromatic carbocycles. The number of thiophene rings is 1. The first-order valence-corrected chi connectivity index (χ1v) is 6.89. The number of benzene rings is 1. The monoisotopic (exact) mass is 276 g/mol. The normalized spacial score (nSPS) is 10.1. The number of ether oxygens (including phenoxy) is 1. The topological polar surface area (TPSA) is 64.3 Å². The molecule has 0 aliphatic heterocycles. The molecular formula is C14H16N2O2S. The van der Waals surface area contributed by atoms with Crippen LogP contribution in [0.3, 0.4) is 0 Å². The highest BCUT2D eigenvalue weighted by Crippen LogP contribution is 2.13. The van der Waals surface area contributed by atoms with Crippen LogP contribution in [0.4, 0.5) is 5.69 Å². The van der Waals surface area contributed by atoms with Gasteiger partial charge in [-0.3, -0.25) is 4.79 Å². The standard InChI is InChI=1S/C14H16N2O2S/c15-11-3-1-4-12(9-11)18-7-6-16-14(17)10-13-5-2-8-19-13/h1-5,8-9H,6-7,10,15H2,(H,16,17). The number of rotatable bonds is 6. The highest BCUT2D eigenvalue weighted by atomic mass is 32.1. The molecule has 2 aromatic rings. The summed E-state index contributed by atoms with van der Waals surface area (Å²) in [4.78, 5) is 12.7. The SMILES string of the molecule is Nc1cccc(OCCNC(=O)Cc2cccs2)c1. The molecule has 2 rings (SSSR count). The lowest BCUT2D eigenvalue weighted by atomic mass is 10.3. The Bertz CT molecular complexity index is 526. The number of hydrogen-bond acceptors (Lipinski definition) is 4. The maximum atomic E-state index is 11.6. The maximum Gasteiger partial charge on any atom is 0.225 e. The van der Waals surface area contributed by atoms with Gasteiger partial charge < -0.3 is 15.8 Å². The van der Waals surface area contributed by atoms with E-state index in [1.165, 1.54) is 0 Å². The van der Waals surface area contributed by atoms with Crippen molar-refractivity contribution < 1.29 is 9.53 Å². The average molecular weight is 276 g/mol. The minimum absolute atomic E-state index is 0.0126. The molecule has 0 aliphatic rings. The Labute approximate surface area is 116 Å². The van der Waals surface area contributed by atoms with Gasteiger partial charge in [0.2, 0.25) is 5.91 Å². The number of anilines is 1. The van der Waals surface area contributed by atoms with Gasteiger partial charge in [-0.2, -0.15) is 0 Å². The second-order valence-corrected chi connectivity index (χ2v) is 5.06. The molecule has 1 amide bonds. The lowest BCUT2D eigenvalue weighted by Gasteiger charge is -2.07. The Morgan fingerprint density at radius 3 is 2.95 bits per heavy atom. The third kappa shape index (κ3) is 4.63. The van der Waals surface area contributed by atoms with Gasteiger partial charge in [0.05, 0.1) is 13.0 Å². The van der Waals surface area contributed by atoms with Gasteiger partial charge in [0.25, 0.3) is 0 Å². The van der Waals surface area contributed by atoms with Crippen LogP contribution in [0, 0.1) is 0 Å². The Hall–Kier alpha value is -2.01. The summed E-state index contributed by atoms with van der Waals surface area (Å²) < 4.78 is 5.48. The van der Waals surface area contributed by atoms with Gasteiger partial charge in [-0.25, -0.2) is 0 Å². The summed E-state index contributed by atoms with van der Waals surface area (Å²) in [5.41, 5.74) is 6.30. The lowest BCUT2D eigenvalue weighted by molar-refractivity contribution is -0.120. The van der Waals surface area contributed by atoms with Gasteiger partial charge in [0, 0.05) is 16.6 Å². The largest absolute Gasteiger partial charge is 0.492 e. The lowest BCUT2D eigenvalue weighted by Crippen LogP contribution is -2.29. The molecule has 0 radical (unpaired) electrons. The summed E-state index contributed by atoms with van der Waals surface area (Å²) in [7, 11) is 0. The van der Waals surface area contributed by atoms with Gasteiger partial charge in [0.15, 0.2) is 0 Å². The molecule has 0 saturated carbocycles. The fourth-order valence-corrected chi connectivity index (χ4v) is 2.30. The van der Waals surface area contributed by atoms with Gasteiger partial charge in [0.1, 0.15) is 12.4 Å². The smallest absolute Gasteiger partial charge is 0.225 e. The van der Waals surface area contributed by atoms with Crippen LogP contribution >= 0.6 is 11.3 Å². The van der Waals surface area contributed by atoms with Gasteiger partial charge in [-0.15, -0.1) is 11.3 Å². The number of hydrogen-bond donors (Lipinski definition) is 2. The van der Waals surface area contributed by atoms with Crippen LogP contribution in [-0.2, 0) is 11.2 Å². The average Bonchev–Trinajstić information content (AvgIpc) is 2.87. The van der Waals surface area contributed by atoms with E-state index in [1.807, 2.05) is 29.6 Å². The Kier molecular flexibility index (Phi) is 4.80. The number of nitrogens with two attached hydrogens (primary N) is 1. The van der Waals surface area contributed by atoms with Crippen LogP contribution in [0.25, 0.3) is 0 Å². The first-order chi connectivity index (χ1) is 9.24. The van der Waals surface area contributed by atoms with Crippen molar-refractivity contribution in [3.05, 3.63) is 46.7 Å². The zero-order valence-corrected chi connectivity index (χ0v) is 11.3. The molecule has 0 atom stereocenters. The Morgan fingerprint density at radius 2 is 2.21 bits per heavy atom. The summed E-state index contributed by atoms with van der Waals surface area (Å²) in [5.74, 6) is 0.728. The van der Waals surface area contributed by atoms with Crippen LogP contribution in [0.5, 0.6) is 5.75 Å². The van der Waals surface area contributed by atoms with Crippen molar-refractivity contribution in [3.8, 4) is 5.75 Å². The first kappa shape index (κ1) is 13.4. The first-order valence-electron chi connectivity index (χ1n) is 6.01. The van der Waals surface area contributed by atoms with Crippen molar-refractivity contribution in [1.29, 1.82) is 0 Å². The van der Waals surface area contributed by atoms with Crippen LogP contribution < -0.4 is 15.8 Å². The Morgan fingerprint density at radius 1 is 1.32 bits per heavy atom. The molecule has 4 nitrogen and oxygen atoms in total. The highest BCUT2D eigenvalue weighted by Gasteiger charge is 2.03. The quantitative estimate of drug-likeness (QED) is 0.627. The minimum atomic E-state index is 0.0126. The second-order valence-electron chi connectivity index (χ2n) is 4.03. The molecule has 0 aliphatic carbocycles. The number of carbonyl (C=O) groups is 1. The summed E-state index contributed by atoms with van der Waals surface area (Å²) in [6.07, 6.45) is 0.427. The van der Waals surface area contributed by atoms with E-state index in [9.17, 15) is 4.79 Å². The van der Waals surface area contributed by atoms with Crippen molar-refractivity contribution in [2.45, 2.75) is 6.42 Å². The molecule has 100 valence electrons. The number of amides is 1. The summed E-state index contributed by atoms with van der Waals surface area (Å²) >= 11 is 1.58. The molecule has 1 aromatic heterocycles. The third-order valence-electron chi connectivity index (χ3n) is 2.47. The second kappa shape index (κ2) is 6.80. The van der Waals surface area contributed by atoms with E-state index in [0.717, 1.165) is 4.88 Å². The van der Waals surface area contributed by atoms with Gasteiger partial charge >= 0.3 is 0 Å². The fourth-order valence-electron chi connectivity index (χ4n) is 1.60. The molecule has 0 bridgehead atoms. The molecule has 0 unspecified atom stereocenters. The molecule has 1 heterocycles. The number of nitrogens with one attached hydrogen (secondary N) is 1. The van der Waals surface area contributed by atoms with Gasteiger partial charge in [-0.1, -0.05) is 12.1 Å². The van der Waals surface area contributed by atoms with E-state index >= 15 is 0 Å². The van der Waals surface area contributed by atoms with E-state index in [2.05, 4.69) is 5.32 Å². The van der Waals surface area contributed by atoms with Crippen LogP contribution in [0.1, 0.15) is 4.88 Å². The zero-order valence-electron chi connectivity index (χ0n) is 10.5. The molecule has 0 saturated heterocycles. The Balaban J connectivity index is 1.65. The van der Waals surface area contributed by atoms with E-state index in [4.69, 9.17) is 10.5 Å². The van der Waals surface area contributed by atoms with Crippen LogP contribution in [0.2, 0.25) is 0 Å². The van der Waals surface area contributed by atoms with E-state index in [-0.39, 0.29) is 5.91 Å². The third-order valence-corrected chi connectivity index (χ3v) is 3.34. The van der Waals surface area contributed by atoms with E-state index in [0.29, 0.717) is 31.0 Å². The molecule has 0 fully saturated rings. The predicted molar refractivity (Wildman–Crippen MR) is 77.4 cm³/mol. The van der Waals surface area contributed by atoms with Gasteiger partial charge in [-0.05, 0) is 23.6 Å². The molecule has 0 spiro atoms. The summed E-state index contributed by atoms with van der Waals surface area (Å²) in [5, 5.41) is 4.78. The molecular weight excluding hydrogens is 260 g/mol. The van der Waals surface area contributed by atoms with Crippen molar-refractivity contribution in [2.75, 3.05) is 18.9 Å². The minimum Gasteiger partial charge on any atom is -0.492 e. The zero-order chi connectivity index (χ0) is 13.5. The van der Waals surface area contributed by atoms with Crippen molar-refractivity contribution in [3.63, 3.8) is 0 Å². The maximum absolute atomic E-state index is 11.6. The number of nitrogen functional groups attached to an aromatic ring is 1. The number of carbonyl (C=O) groups excluding carboxylic acids is 1. The summed E-state index contributed by atoms with van der Waals surface area (Å²) in [6, 6.07) is 11.1. The summed E-state index contributed by atoms with van der Waals surface area (Å²) in [6.45, 7) is 0.915. The van der Waals surface area contributed by atoms with Crippen molar-refractivity contribution in [2.24, 2.45) is 0 Å². The molecule has 3 N–H and O–H groups in total. The molecule has 19 heavy (non-hydrogen) atoms. The highest BCUT2D eigenvalue weighted by molar-refractivity contribution is 7.10. The van der Waals surface area contributed by atoms with Crippen molar-refractivity contribution in [1.82, 2.24) is 5.32 Å². The molecule has 5 heteroatoms. The van der Waals surface area contributed by atoms with Crippen LogP contribution in [0.15, 0.2) is 41.8 Å². The predicted octanol–water partition coefficient (Wildman–Crippen LogP) is 2.07.